The minimum absolute atomic E-state index is 0.221. The van der Waals surface area contributed by atoms with Crippen LogP contribution in [0, 0.1) is 0 Å². The second-order valence-electron chi connectivity index (χ2n) is 4.69. The first-order chi connectivity index (χ1) is 8.66. The Morgan fingerprint density at radius 1 is 1.22 bits per heavy atom. The number of hydrogen-bond acceptors (Lipinski definition) is 6. The molecule has 2 aliphatic rings. The van der Waals surface area contributed by atoms with Crippen LogP contribution in [-0.4, -0.2) is 49.5 Å². The molecule has 7 heteroatoms. The quantitative estimate of drug-likeness (QED) is 0.730. The summed E-state index contributed by atoms with van der Waals surface area (Å²) in [5.41, 5.74) is 2.22. The van der Waals surface area contributed by atoms with E-state index in [-0.39, 0.29) is 11.5 Å². The average Bonchev–Trinajstić information content (AvgIpc) is 2.38. The van der Waals surface area contributed by atoms with Crippen LogP contribution in [0.3, 0.4) is 0 Å². The number of hydrogen-bond donors (Lipinski definition) is 1. The van der Waals surface area contributed by atoms with Gasteiger partial charge in [0.25, 0.3) is 0 Å². The van der Waals surface area contributed by atoms with Gasteiger partial charge >= 0.3 is 0 Å². The molecule has 0 unspecified atom stereocenters. The van der Waals surface area contributed by atoms with Crippen molar-refractivity contribution in [2.45, 2.75) is 13.0 Å². The molecule has 3 rings (SSSR count). The molecule has 0 radical (unpaired) electrons. The first kappa shape index (κ1) is 11.9. The maximum absolute atomic E-state index is 11.4. The van der Waals surface area contributed by atoms with Crippen LogP contribution in [0.4, 0.5) is 5.82 Å². The lowest BCUT2D eigenvalue weighted by molar-refractivity contribution is 0.584. The van der Waals surface area contributed by atoms with Gasteiger partial charge in [0, 0.05) is 38.2 Å². The van der Waals surface area contributed by atoms with Crippen molar-refractivity contribution in [3.63, 3.8) is 0 Å². The highest BCUT2D eigenvalue weighted by Crippen LogP contribution is 2.23. The van der Waals surface area contributed by atoms with Gasteiger partial charge in [-0.05, 0) is 0 Å². The van der Waals surface area contributed by atoms with E-state index in [1.54, 1.807) is 6.33 Å². The van der Waals surface area contributed by atoms with E-state index < -0.39 is 9.84 Å². The summed E-state index contributed by atoms with van der Waals surface area (Å²) >= 11 is 0. The van der Waals surface area contributed by atoms with Crippen molar-refractivity contribution in [1.29, 1.82) is 0 Å². The van der Waals surface area contributed by atoms with Crippen LogP contribution in [0.2, 0.25) is 0 Å². The Bertz CT molecular complexity index is 544. The van der Waals surface area contributed by atoms with Crippen LogP contribution in [0.15, 0.2) is 6.33 Å². The predicted octanol–water partition coefficient (Wildman–Crippen LogP) is -0.643. The molecular weight excluding hydrogens is 252 g/mol. The van der Waals surface area contributed by atoms with Crippen molar-refractivity contribution < 1.29 is 8.42 Å². The van der Waals surface area contributed by atoms with Crippen LogP contribution < -0.4 is 10.2 Å². The topological polar surface area (TPSA) is 75.2 Å². The molecule has 0 saturated carbocycles. The highest BCUT2D eigenvalue weighted by atomic mass is 32.2. The Labute approximate surface area is 106 Å². The summed E-state index contributed by atoms with van der Waals surface area (Å²) in [7, 11) is -2.85. The zero-order chi connectivity index (χ0) is 12.6. The molecule has 6 nitrogen and oxygen atoms in total. The summed E-state index contributed by atoms with van der Waals surface area (Å²) < 4.78 is 22.9. The van der Waals surface area contributed by atoms with Crippen molar-refractivity contribution in [2.75, 3.05) is 36.0 Å². The highest BCUT2D eigenvalue weighted by Gasteiger charge is 2.25. The van der Waals surface area contributed by atoms with Crippen molar-refractivity contribution in [3.05, 3.63) is 17.6 Å². The highest BCUT2D eigenvalue weighted by molar-refractivity contribution is 7.91. The van der Waals surface area contributed by atoms with E-state index >= 15 is 0 Å². The molecule has 3 heterocycles. The lowest BCUT2D eigenvalue weighted by Crippen LogP contribution is -2.42. The standard InChI is InChI=1S/C11H16N4O2S/c16-18(17)5-3-15(4-6-18)11-9-7-12-2-1-10(9)13-8-14-11/h8,12H,1-7H2. The van der Waals surface area contributed by atoms with Gasteiger partial charge in [0.2, 0.25) is 0 Å². The molecule has 1 fully saturated rings. The smallest absolute Gasteiger partial charge is 0.153 e. The van der Waals surface area contributed by atoms with Crippen molar-refractivity contribution in [3.8, 4) is 0 Å². The Morgan fingerprint density at radius 3 is 2.78 bits per heavy atom. The third-order valence-electron chi connectivity index (χ3n) is 3.50. The lowest BCUT2D eigenvalue weighted by atomic mass is 10.1. The molecule has 98 valence electrons. The first-order valence-corrected chi connectivity index (χ1v) is 7.97. The molecule has 18 heavy (non-hydrogen) atoms. The number of rotatable bonds is 1. The second-order valence-corrected chi connectivity index (χ2v) is 6.99. The molecule has 1 aromatic heterocycles. The predicted molar refractivity (Wildman–Crippen MR) is 68.3 cm³/mol. The Morgan fingerprint density at radius 2 is 2.00 bits per heavy atom. The molecular formula is C11H16N4O2S. The number of fused-ring (bicyclic) bond motifs is 1. The zero-order valence-electron chi connectivity index (χ0n) is 10.1. The summed E-state index contributed by atoms with van der Waals surface area (Å²) in [5.74, 6) is 1.35. The fourth-order valence-electron chi connectivity index (χ4n) is 2.45. The number of nitrogens with one attached hydrogen (secondary N) is 1. The van der Waals surface area contributed by atoms with Crippen LogP contribution in [0.25, 0.3) is 0 Å². The Balaban J connectivity index is 1.89. The van der Waals surface area contributed by atoms with E-state index in [9.17, 15) is 8.42 Å². The minimum atomic E-state index is -2.85. The number of sulfone groups is 1. The van der Waals surface area contributed by atoms with Gasteiger partial charge in [0.1, 0.15) is 12.1 Å². The SMILES string of the molecule is O=S1(=O)CCN(c2ncnc3c2CNCC3)CC1. The number of nitrogens with zero attached hydrogens (tertiary/aromatic N) is 3. The Hall–Kier alpha value is -1.21. The molecule has 0 atom stereocenters. The summed E-state index contributed by atoms with van der Waals surface area (Å²) in [6.45, 7) is 2.78. The zero-order valence-corrected chi connectivity index (χ0v) is 10.9. The van der Waals surface area contributed by atoms with Gasteiger partial charge in [0.15, 0.2) is 9.84 Å². The van der Waals surface area contributed by atoms with Gasteiger partial charge < -0.3 is 10.2 Å². The normalized spacial score (nSPS) is 22.6. The van der Waals surface area contributed by atoms with Crippen LogP contribution in [0.5, 0.6) is 0 Å². The summed E-state index contributed by atoms with van der Waals surface area (Å²) in [6, 6.07) is 0. The van der Waals surface area contributed by atoms with E-state index in [2.05, 4.69) is 20.2 Å². The summed E-state index contributed by atoms with van der Waals surface area (Å²) in [5, 5.41) is 3.31. The van der Waals surface area contributed by atoms with Gasteiger partial charge in [0.05, 0.1) is 17.2 Å². The summed E-state index contributed by atoms with van der Waals surface area (Å²) in [6.07, 6.45) is 2.50. The minimum Gasteiger partial charge on any atom is -0.354 e. The molecule has 0 spiro atoms. The first-order valence-electron chi connectivity index (χ1n) is 6.14. The number of anilines is 1. The molecule has 1 aromatic rings. The third kappa shape index (κ3) is 2.20. The Kier molecular flexibility index (Phi) is 2.95. The molecule has 0 amide bonds. The average molecular weight is 268 g/mol. The molecule has 0 bridgehead atoms. The van der Waals surface area contributed by atoms with Gasteiger partial charge in [-0.15, -0.1) is 0 Å². The summed E-state index contributed by atoms with van der Waals surface area (Å²) in [4.78, 5) is 10.7. The molecule has 1 saturated heterocycles. The maximum Gasteiger partial charge on any atom is 0.153 e. The molecule has 2 aliphatic heterocycles. The van der Waals surface area contributed by atoms with E-state index in [0.29, 0.717) is 13.1 Å². The van der Waals surface area contributed by atoms with E-state index in [0.717, 1.165) is 36.6 Å². The lowest BCUT2D eigenvalue weighted by Gasteiger charge is -2.30. The van der Waals surface area contributed by atoms with Gasteiger partial charge in [-0.2, -0.15) is 0 Å². The van der Waals surface area contributed by atoms with Crippen molar-refractivity contribution >= 4 is 15.7 Å². The molecule has 0 aromatic carbocycles. The largest absolute Gasteiger partial charge is 0.354 e. The van der Waals surface area contributed by atoms with Crippen LogP contribution in [0.1, 0.15) is 11.3 Å². The van der Waals surface area contributed by atoms with E-state index in [4.69, 9.17) is 0 Å². The second kappa shape index (κ2) is 4.47. The van der Waals surface area contributed by atoms with Crippen molar-refractivity contribution in [2.24, 2.45) is 0 Å². The van der Waals surface area contributed by atoms with Crippen LogP contribution >= 0.6 is 0 Å². The van der Waals surface area contributed by atoms with Crippen molar-refractivity contribution in [1.82, 2.24) is 15.3 Å². The monoisotopic (exact) mass is 268 g/mol. The molecule has 1 N–H and O–H groups in total. The van der Waals surface area contributed by atoms with Gasteiger partial charge in [-0.1, -0.05) is 0 Å². The fraction of sp³-hybridized carbons (Fsp3) is 0.636. The van der Waals surface area contributed by atoms with Gasteiger partial charge in [-0.3, -0.25) is 0 Å². The fourth-order valence-corrected chi connectivity index (χ4v) is 3.65. The van der Waals surface area contributed by atoms with E-state index in [1.165, 1.54) is 0 Å². The van der Waals surface area contributed by atoms with E-state index in [1.807, 2.05) is 0 Å². The maximum atomic E-state index is 11.4. The van der Waals surface area contributed by atoms with Gasteiger partial charge in [-0.25, -0.2) is 18.4 Å². The third-order valence-corrected chi connectivity index (χ3v) is 5.11. The number of aromatic nitrogens is 2. The molecule has 0 aliphatic carbocycles. The van der Waals surface area contributed by atoms with Crippen LogP contribution in [-0.2, 0) is 22.8 Å².